The molecule has 0 amide bonds. The molecule has 0 aliphatic carbocycles. The Morgan fingerprint density at radius 2 is 1.90 bits per heavy atom. The van der Waals surface area contributed by atoms with E-state index in [1.807, 2.05) is 18.2 Å². The van der Waals surface area contributed by atoms with Crippen molar-refractivity contribution in [3.63, 3.8) is 0 Å². The van der Waals surface area contributed by atoms with E-state index in [1.165, 1.54) is 0 Å². The summed E-state index contributed by atoms with van der Waals surface area (Å²) in [4.78, 5) is 4.21. The number of hydrogen-bond donors (Lipinski definition) is 2. The molecule has 0 saturated carbocycles. The molecule has 2 N–H and O–H groups in total. The Bertz CT molecular complexity index is 465. The first-order valence-electron chi connectivity index (χ1n) is 6.59. The van der Waals surface area contributed by atoms with Gasteiger partial charge in [0.05, 0.1) is 14.2 Å². The van der Waals surface area contributed by atoms with E-state index in [0.717, 1.165) is 23.0 Å². The molecular weight excluding hydrogens is 254 g/mol. The summed E-state index contributed by atoms with van der Waals surface area (Å²) in [6.45, 7) is 6.90. The molecule has 112 valence electrons. The van der Waals surface area contributed by atoms with Gasteiger partial charge in [-0.2, -0.15) is 0 Å². The molecule has 5 heteroatoms. The fourth-order valence-electron chi connectivity index (χ4n) is 1.71. The summed E-state index contributed by atoms with van der Waals surface area (Å²) in [5.41, 5.74) is 1.01. The van der Waals surface area contributed by atoms with Crippen molar-refractivity contribution in [2.45, 2.75) is 32.9 Å². The topological polar surface area (TPSA) is 54.9 Å². The van der Waals surface area contributed by atoms with E-state index in [-0.39, 0.29) is 5.54 Å². The third kappa shape index (κ3) is 4.99. The highest BCUT2D eigenvalue weighted by Gasteiger charge is 2.12. The van der Waals surface area contributed by atoms with Crippen LogP contribution in [0.2, 0.25) is 0 Å². The van der Waals surface area contributed by atoms with E-state index in [2.05, 4.69) is 36.4 Å². The summed E-state index contributed by atoms with van der Waals surface area (Å²) < 4.78 is 10.6. The van der Waals surface area contributed by atoms with Crippen molar-refractivity contribution >= 4 is 5.96 Å². The summed E-state index contributed by atoms with van der Waals surface area (Å²) in [5.74, 6) is 2.33. The van der Waals surface area contributed by atoms with Gasteiger partial charge < -0.3 is 20.1 Å². The average Bonchev–Trinajstić information content (AvgIpc) is 2.41. The molecule has 0 atom stereocenters. The third-order valence-corrected chi connectivity index (χ3v) is 2.66. The van der Waals surface area contributed by atoms with Gasteiger partial charge in [-0.3, -0.25) is 4.99 Å². The fraction of sp³-hybridized carbons (Fsp3) is 0.533. The lowest BCUT2D eigenvalue weighted by molar-refractivity contribution is 0.390. The van der Waals surface area contributed by atoms with Gasteiger partial charge in [0, 0.05) is 30.8 Å². The first-order valence-corrected chi connectivity index (χ1v) is 6.59. The second-order valence-corrected chi connectivity index (χ2v) is 5.48. The Morgan fingerprint density at radius 3 is 2.40 bits per heavy atom. The van der Waals surface area contributed by atoms with Crippen LogP contribution in [0.15, 0.2) is 23.2 Å². The van der Waals surface area contributed by atoms with Crippen molar-refractivity contribution in [3.8, 4) is 11.5 Å². The van der Waals surface area contributed by atoms with Gasteiger partial charge >= 0.3 is 0 Å². The van der Waals surface area contributed by atoms with Crippen molar-refractivity contribution in [2.75, 3.05) is 21.3 Å². The van der Waals surface area contributed by atoms with Crippen LogP contribution >= 0.6 is 0 Å². The van der Waals surface area contributed by atoms with Gasteiger partial charge in [-0.15, -0.1) is 0 Å². The summed E-state index contributed by atoms with van der Waals surface area (Å²) in [7, 11) is 5.05. The number of methoxy groups -OCH3 is 2. The monoisotopic (exact) mass is 279 g/mol. The average molecular weight is 279 g/mol. The minimum Gasteiger partial charge on any atom is -0.497 e. The van der Waals surface area contributed by atoms with Gasteiger partial charge in [0.2, 0.25) is 0 Å². The molecule has 0 radical (unpaired) electrons. The van der Waals surface area contributed by atoms with Crippen LogP contribution in [0.5, 0.6) is 11.5 Å². The maximum absolute atomic E-state index is 5.37. The van der Waals surface area contributed by atoms with Gasteiger partial charge in [0.15, 0.2) is 5.96 Å². The van der Waals surface area contributed by atoms with Crippen LogP contribution in [0.3, 0.4) is 0 Å². The molecule has 0 aliphatic heterocycles. The SMILES string of the molecule is CN=C(NCc1ccc(OC)cc1OC)NC(C)(C)C. The maximum Gasteiger partial charge on any atom is 0.191 e. The number of guanidine groups is 1. The Hall–Kier alpha value is -1.91. The lowest BCUT2D eigenvalue weighted by Crippen LogP contribution is -2.47. The van der Waals surface area contributed by atoms with Crippen LogP contribution in [0.4, 0.5) is 0 Å². The summed E-state index contributed by atoms with van der Waals surface area (Å²) in [6.07, 6.45) is 0. The zero-order valence-corrected chi connectivity index (χ0v) is 13.2. The largest absolute Gasteiger partial charge is 0.497 e. The zero-order valence-electron chi connectivity index (χ0n) is 13.2. The normalized spacial score (nSPS) is 12.0. The minimum atomic E-state index is -0.0359. The summed E-state index contributed by atoms with van der Waals surface area (Å²) >= 11 is 0. The Morgan fingerprint density at radius 1 is 1.20 bits per heavy atom. The van der Waals surface area contributed by atoms with Crippen LogP contribution in [0, 0.1) is 0 Å². The number of hydrogen-bond acceptors (Lipinski definition) is 3. The molecule has 0 fully saturated rings. The standard InChI is InChI=1S/C15H25N3O2/c1-15(2,3)18-14(16-4)17-10-11-7-8-12(19-5)9-13(11)20-6/h7-9H,10H2,1-6H3,(H2,16,17,18). The lowest BCUT2D eigenvalue weighted by Gasteiger charge is -2.24. The lowest BCUT2D eigenvalue weighted by atomic mass is 10.1. The summed E-state index contributed by atoms with van der Waals surface area (Å²) in [6, 6.07) is 5.77. The third-order valence-electron chi connectivity index (χ3n) is 2.66. The Balaban J connectivity index is 2.74. The molecule has 5 nitrogen and oxygen atoms in total. The number of rotatable bonds is 4. The van der Waals surface area contributed by atoms with Gasteiger partial charge in [0.25, 0.3) is 0 Å². The highest BCUT2D eigenvalue weighted by atomic mass is 16.5. The van der Waals surface area contributed by atoms with Crippen molar-refractivity contribution in [1.29, 1.82) is 0 Å². The first-order chi connectivity index (χ1) is 9.39. The van der Waals surface area contributed by atoms with Crippen LogP contribution in [0.25, 0.3) is 0 Å². The van der Waals surface area contributed by atoms with Gasteiger partial charge in [-0.1, -0.05) is 0 Å². The van der Waals surface area contributed by atoms with Crippen molar-refractivity contribution in [2.24, 2.45) is 4.99 Å². The van der Waals surface area contributed by atoms with E-state index in [9.17, 15) is 0 Å². The Labute approximate surface area is 121 Å². The maximum atomic E-state index is 5.37. The predicted octanol–water partition coefficient (Wildman–Crippen LogP) is 2.17. The van der Waals surface area contributed by atoms with Gasteiger partial charge in [-0.05, 0) is 32.9 Å². The molecule has 1 rings (SSSR count). The highest BCUT2D eigenvalue weighted by Crippen LogP contribution is 2.24. The van der Waals surface area contributed by atoms with Crippen LogP contribution in [0.1, 0.15) is 26.3 Å². The molecule has 0 aromatic heterocycles. The Kier molecular flexibility index (Phi) is 5.67. The number of ether oxygens (including phenoxy) is 2. The molecule has 1 aromatic rings. The van der Waals surface area contributed by atoms with Gasteiger partial charge in [0.1, 0.15) is 11.5 Å². The van der Waals surface area contributed by atoms with Gasteiger partial charge in [-0.25, -0.2) is 0 Å². The van der Waals surface area contributed by atoms with Crippen molar-refractivity contribution in [1.82, 2.24) is 10.6 Å². The molecule has 0 unspecified atom stereocenters. The number of nitrogens with zero attached hydrogens (tertiary/aromatic N) is 1. The van der Waals surface area contributed by atoms with Crippen LogP contribution in [-0.4, -0.2) is 32.8 Å². The van der Waals surface area contributed by atoms with E-state index in [0.29, 0.717) is 6.54 Å². The van der Waals surface area contributed by atoms with Crippen LogP contribution in [-0.2, 0) is 6.54 Å². The van der Waals surface area contributed by atoms with E-state index < -0.39 is 0 Å². The number of aliphatic imine (C=N–C) groups is 1. The smallest absolute Gasteiger partial charge is 0.191 e. The number of benzene rings is 1. The van der Waals surface area contributed by atoms with Crippen LogP contribution < -0.4 is 20.1 Å². The van der Waals surface area contributed by atoms with Crippen molar-refractivity contribution in [3.05, 3.63) is 23.8 Å². The molecule has 0 bridgehead atoms. The first kappa shape index (κ1) is 16.1. The fourth-order valence-corrected chi connectivity index (χ4v) is 1.71. The minimum absolute atomic E-state index is 0.0359. The summed E-state index contributed by atoms with van der Waals surface area (Å²) in [5, 5.41) is 6.58. The zero-order chi connectivity index (χ0) is 15.2. The quantitative estimate of drug-likeness (QED) is 0.655. The molecule has 20 heavy (non-hydrogen) atoms. The highest BCUT2D eigenvalue weighted by molar-refractivity contribution is 5.80. The predicted molar refractivity (Wildman–Crippen MR) is 82.6 cm³/mol. The molecule has 0 aliphatic rings. The number of nitrogens with one attached hydrogen (secondary N) is 2. The van der Waals surface area contributed by atoms with E-state index in [1.54, 1.807) is 21.3 Å². The van der Waals surface area contributed by atoms with Crippen molar-refractivity contribution < 1.29 is 9.47 Å². The van der Waals surface area contributed by atoms with E-state index >= 15 is 0 Å². The molecular formula is C15H25N3O2. The molecule has 0 spiro atoms. The molecule has 0 heterocycles. The second kappa shape index (κ2) is 7.03. The van der Waals surface area contributed by atoms with E-state index in [4.69, 9.17) is 9.47 Å². The molecule has 0 saturated heterocycles. The molecule has 1 aromatic carbocycles. The second-order valence-electron chi connectivity index (χ2n) is 5.48.